The number of esters is 1. The summed E-state index contributed by atoms with van der Waals surface area (Å²) in [6, 6.07) is 3.63. The van der Waals surface area contributed by atoms with E-state index in [0.717, 1.165) is 18.6 Å². The largest absolute Gasteiger partial charge is 0.463 e. The van der Waals surface area contributed by atoms with Crippen molar-refractivity contribution < 1.29 is 13.9 Å². The molecule has 0 aliphatic carbocycles. The van der Waals surface area contributed by atoms with Crippen molar-refractivity contribution in [2.75, 3.05) is 14.2 Å². The molecule has 0 spiro atoms. The van der Waals surface area contributed by atoms with Crippen molar-refractivity contribution in [3.8, 4) is 0 Å². The molecule has 0 fully saturated rings. The predicted molar refractivity (Wildman–Crippen MR) is 79.7 cm³/mol. The Morgan fingerprint density at radius 3 is 2.55 bits per heavy atom. The van der Waals surface area contributed by atoms with E-state index in [1.54, 1.807) is 6.07 Å². The van der Waals surface area contributed by atoms with Crippen LogP contribution in [0.4, 0.5) is 0 Å². The predicted octanol–water partition coefficient (Wildman–Crippen LogP) is 3.79. The molecule has 1 aromatic rings. The maximum absolute atomic E-state index is 11.4. The van der Waals surface area contributed by atoms with Crippen molar-refractivity contribution in [3.63, 3.8) is 0 Å². The minimum absolute atomic E-state index is 0.116. The third-order valence-electron chi connectivity index (χ3n) is 3.30. The van der Waals surface area contributed by atoms with E-state index in [1.807, 2.05) is 13.1 Å². The van der Waals surface area contributed by atoms with Crippen LogP contribution in [0.25, 0.3) is 0 Å². The first-order valence-electron chi connectivity index (χ1n) is 7.12. The molecule has 1 N–H and O–H groups in total. The number of hydrogen-bond acceptors (Lipinski definition) is 4. The standard InChI is InChI=1S/C16H27NO3/c1-11(10-16(2,3)4)9-12(17-5)13-7-8-14(20-13)15(18)19-6/h7-8,11-12,17H,9-10H2,1-6H3. The summed E-state index contributed by atoms with van der Waals surface area (Å²) in [4.78, 5) is 11.4. The summed E-state index contributed by atoms with van der Waals surface area (Å²) in [5.74, 6) is 1.17. The van der Waals surface area contributed by atoms with Crippen molar-refractivity contribution in [1.29, 1.82) is 0 Å². The van der Waals surface area contributed by atoms with Gasteiger partial charge < -0.3 is 14.5 Å². The van der Waals surface area contributed by atoms with Gasteiger partial charge in [-0.15, -0.1) is 0 Å². The molecule has 1 aromatic heterocycles. The van der Waals surface area contributed by atoms with Gasteiger partial charge in [0, 0.05) is 0 Å². The molecule has 114 valence electrons. The van der Waals surface area contributed by atoms with Crippen LogP contribution >= 0.6 is 0 Å². The van der Waals surface area contributed by atoms with Gasteiger partial charge in [-0.3, -0.25) is 0 Å². The highest BCUT2D eigenvalue weighted by atomic mass is 16.5. The van der Waals surface area contributed by atoms with E-state index in [9.17, 15) is 4.79 Å². The summed E-state index contributed by atoms with van der Waals surface area (Å²) < 4.78 is 10.2. The van der Waals surface area contributed by atoms with E-state index in [2.05, 4.69) is 37.7 Å². The molecule has 0 aliphatic heterocycles. The lowest BCUT2D eigenvalue weighted by Crippen LogP contribution is -2.21. The first-order valence-corrected chi connectivity index (χ1v) is 7.12. The zero-order valence-electron chi connectivity index (χ0n) is 13.4. The summed E-state index contributed by atoms with van der Waals surface area (Å²) in [6.45, 7) is 9.00. The smallest absolute Gasteiger partial charge is 0.373 e. The molecule has 1 rings (SSSR count). The number of methoxy groups -OCH3 is 1. The molecule has 4 nitrogen and oxygen atoms in total. The molecule has 0 amide bonds. The minimum Gasteiger partial charge on any atom is -0.463 e. The Kier molecular flexibility index (Phi) is 5.81. The topological polar surface area (TPSA) is 51.5 Å². The molecule has 20 heavy (non-hydrogen) atoms. The molecule has 4 heteroatoms. The van der Waals surface area contributed by atoms with Gasteiger partial charge in [0.2, 0.25) is 5.76 Å². The molecule has 1 heterocycles. The van der Waals surface area contributed by atoms with Crippen LogP contribution < -0.4 is 5.32 Å². The third-order valence-corrected chi connectivity index (χ3v) is 3.30. The Labute approximate surface area is 121 Å². The van der Waals surface area contributed by atoms with Crippen molar-refractivity contribution >= 4 is 5.97 Å². The highest BCUT2D eigenvalue weighted by molar-refractivity contribution is 5.86. The van der Waals surface area contributed by atoms with Crippen molar-refractivity contribution in [2.24, 2.45) is 11.3 Å². The van der Waals surface area contributed by atoms with Crippen molar-refractivity contribution in [3.05, 3.63) is 23.7 Å². The summed E-state index contributed by atoms with van der Waals surface area (Å²) in [7, 11) is 3.26. The summed E-state index contributed by atoms with van der Waals surface area (Å²) in [5, 5.41) is 3.26. The Morgan fingerprint density at radius 2 is 2.05 bits per heavy atom. The number of ether oxygens (including phenoxy) is 1. The Hall–Kier alpha value is -1.29. The average molecular weight is 281 g/mol. The summed E-state index contributed by atoms with van der Waals surface area (Å²) in [5.41, 5.74) is 0.318. The lowest BCUT2D eigenvalue weighted by atomic mass is 9.82. The van der Waals surface area contributed by atoms with Crippen molar-refractivity contribution in [1.82, 2.24) is 5.32 Å². The SMILES string of the molecule is CNC(CC(C)CC(C)(C)C)c1ccc(C(=O)OC)o1. The third kappa shape index (κ3) is 5.00. The van der Waals surface area contributed by atoms with Gasteiger partial charge in [0.05, 0.1) is 13.2 Å². The Bertz CT molecular complexity index is 431. The molecular formula is C16H27NO3. The second-order valence-corrected chi connectivity index (χ2v) is 6.64. The van der Waals surface area contributed by atoms with Crippen LogP contribution in [-0.4, -0.2) is 20.1 Å². The van der Waals surface area contributed by atoms with Gasteiger partial charge in [-0.2, -0.15) is 0 Å². The fraction of sp³-hybridized carbons (Fsp3) is 0.688. The maximum Gasteiger partial charge on any atom is 0.373 e. The van der Waals surface area contributed by atoms with Gasteiger partial charge in [-0.25, -0.2) is 4.79 Å². The van der Waals surface area contributed by atoms with Crippen LogP contribution in [0.5, 0.6) is 0 Å². The summed E-state index contributed by atoms with van der Waals surface area (Å²) >= 11 is 0. The molecule has 0 saturated carbocycles. The van der Waals surface area contributed by atoms with E-state index in [0.29, 0.717) is 11.3 Å². The zero-order valence-corrected chi connectivity index (χ0v) is 13.4. The number of hydrogen-bond donors (Lipinski definition) is 1. The van der Waals surface area contributed by atoms with Crippen LogP contribution in [0.15, 0.2) is 16.5 Å². The van der Waals surface area contributed by atoms with Crippen molar-refractivity contribution in [2.45, 2.75) is 46.6 Å². The maximum atomic E-state index is 11.4. The average Bonchev–Trinajstić information content (AvgIpc) is 2.82. The van der Waals surface area contributed by atoms with Crippen LogP contribution in [0.2, 0.25) is 0 Å². The quantitative estimate of drug-likeness (QED) is 0.806. The molecule has 0 aliphatic rings. The number of nitrogens with one attached hydrogen (secondary N) is 1. The van der Waals surface area contributed by atoms with Gasteiger partial charge in [-0.1, -0.05) is 27.7 Å². The Morgan fingerprint density at radius 1 is 1.40 bits per heavy atom. The molecule has 0 aromatic carbocycles. The van der Waals surface area contributed by atoms with Gasteiger partial charge in [0.25, 0.3) is 0 Å². The fourth-order valence-corrected chi connectivity index (χ4v) is 2.66. The molecule has 0 saturated heterocycles. The van der Waals surface area contributed by atoms with Crippen LogP contribution in [0, 0.1) is 11.3 Å². The lowest BCUT2D eigenvalue weighted by molar-refractivity contribution is 0.0561. The number of furan rings is 1. The second-order valence-electron chi connectivity index (χ2n) is 6.64. The number of carbonyl (C=O) groups excluding carboxylic acids is 1. The monoisotopic (exact) mass is 281 g/mol. The molecule has 0 bridgehead atoms. The highest BCUT2D eigenvalue weighted by Crippen LogP contribution is 2.31. The summed E-state index contributed by atoms with van der Waals surface area (Å²) in [6.07, 6.45) is 2.12. The number of rotatable bonds is 6. The van der Waals surface area contributed by atoms with Gasteiger partial charge in [0.15, 0.2) is 0 Å². The minimum atomic E-state index is -0.436. The zero-order chi connectivity index (χ0) is 15.3. The molecule has 0 radical (unpaired) electrons. The van der Waals surface area contributed by atoms with E-state index >= 15 is 0 Å². The molecular weight excluding hydrogens is 254 g/mol. The van der Waals surface area contributed by atoms with E-state index < -0.39 is 5.97 Å². The van der Waals surface area contributed by atoms with E-state index in [1.165, 1.54) is 7.11 Å². The van der Waals surface area contributed by atoms with Gasteiger partial charge >= 0.3 is 5.97 Å². The van der Waals surface area contributed by atoms with Crippen LogP contribution in [-0.2, 0) is 4.74 Å². The normalized spacial score (nSPS) is 14.9. The second kappa shape index (κ2) is 6.93. The Balaban J connectivity index is 2.71. The van der Waals surface area contributed by atoms with Gasteiger partial charge in [0.1, 0.15) is 5.76 Å². The number of carbonyl (C=O) groups is 1. The fourth-order valence-electron chi connectivity index (χ4n) is 2.66. The van der Waals surface area contributed by atoms with E-state index in [-0.39, 0.29) is 11.8 Å². The van der Waals surface area contributed by atoms with Crippen LogP contribution in [0.1, 0.15) is 62.9 Å². The first-order chi connectivity index (χ1) is 9.26. The van der Waals surface area contributed by atoms with Gasteiger partial charge in [-0.05, 0) is 43.4 Å². The highest BCUT2D eigenvalue weighted by Gasteiger charge is 2.22. The van der Waals surface area contributed by atoms with Crippen LogP contribution in [0.3, 0.4) is 0 Å². The molecule has 2 unspecified atom stereocenters. The first kappa shape index (κ1) is 16.8. The molecule has 2 atom stereocenters. The lowest BCUT2D eigenvalue weighted by Gasteiger charge is -2.25. The van der Waals surface area contributed by atoms with E-state index in [4.69, 9.17) is 4.42 Å².